The first kappa shape index (κ1) is 11.5. The van der Waals surface area contributed by atoms with Crippen LogP contribution < -0.4 is 10.6 Å². The van der Waals surface area contributed by atoms with Crippen LogP contribution in [0.25, 0.3) is 0 Å². The summed E-state index contributed by atoms with van der Waals surface area (Å²) in [5.41, 5.74) is 0. The van der Waals surface area contributed by atoms with E-state index in [0.717, 1.165) is 16.9 Å². The highest BCUT2D eigenvalue weighted by Gasteiger charge is 2.20. The van der Waals surface area contributed by atoms with Gasteiger partial charge in [-0.25, -0.2) is 4.98 Å². The van der Waals surface area contributed by atoms with E-state index < -0.39 is 0 Å². The number of hydrogen-bond acceptors (Lipinski definition) is 3. The van der Waals surface area contributed by atoms with Crippen LogP contribution in [0.1, 0.15) is 12.8 Å². The molecule has 2 N–H and O–H groups in total. The molecule has 1 heterocycles. The molecule has 0 bridgehead atoms. The number of nitrogens with one attached hydrogen (secondary N) is 2. The summed E-state index contributed by atoms with van der Waals surface area (Å²) < 4.78 is 0.797. The fraction of sp³-hybridized carbons (Fsp3) is 0.455. The maximum atomic E-state index is 11.5. The first-order valence-electron chi connectivity index (χ1n) is 5.37. The molecule has 0 aliphatic heterocycles. The molecule has 1 saturated carbocycles. The summed E-state index contributed by atoms with van der Waals surface area (Å²) in [5.74, 6) is 1.30. The lowest BCUT2D eigenvalue weighted by atomic mass is 10.4. The highest BCUT2D eigenvalue weighted by Crippen LogP contribution is 2.27. The number of carbonyl (C=O) groups is 1. The van der Waals surface area contributed by atoms with Gasteiger partial charge in [0, 0.05) is 6.20 Å². The van der Waals surface area contributed by atoms with Crippen LogP contribution in [0.15, 0.2) is 22.8 Å². The van der Waals surface area contributed by atoms with E-state index >= 15 is 0 Å². The van der Waals surface area contributed by atoms with E-state index in [-0.39, 0.29) is 5.91 Å². The normalized spacial score (nSPS) is 14.8. The first-order chi connectivity index (χ1) is 7.75. The Morgan fingerprint density at radius 2 is 2.38 bits per heavy atom. The molecule has 1 aliphatic carbocycles. The second-order valence-corrected chi connectivity index (χ2v) is 4.81. The van der Waals surface area contributed by atoms with Crippen LogP contribution in [0.2, 0.25) is 0 Å². The molecule has 0 atom stereocenters. The topological polar surface area (TPSA) is 54.0 Å². The van der Waals surface area contributed by atoms with Crippen LogP contribution in [0.3, 0.4) is 0 Å². The van der Waals surface area contributed by atoms with Crippen LogP contribution in [0.5, 0.6) is 0 Å². The molecule has 0 unspecified atom stereocenters. The van der Waals surface area contributed by atoms with Crippen LogP contribution in [-0.4, -0.2) is 24.0 Å². The molecular formula is C11H14BrN3O. The van der Waals surface area contributed by atoms with Gasteiger partial charge in [0.1, 0.15) is 5.82 Å². The van der Waals surface area contributed by atoms with Crippen molar-refractivity contribution in [3.05, 3.63) is 22.8 Å². The molecule has 1 fully saturated rings. The molecule has 86 valence electrons. The van der Waals surface area contributed by atoms with Gasteiger partial charge in [-0.15, -0.1) is 0 Å². The van der Waals surface area contributed by atoms with Crippen molar-refractivity contribution in [3.8, 4) is 0 Å². The van der Waals surface area contributed by atoms with Crippen LogP contribution in [0, 0.1) is 5.92 Å². The van der Waals surface area contributed by atoms with E-state index in [9.17, 15) is 4.79 Å². The maximum absolute atomic E-state index is 11.5. The molecule has 0 aromatic carbocycles. The van der Waals surface area contributed by atoms with Gasteiger partial charge in [0.05, 0.1) is 11.0 Å². The Labute approximate surface area is 103 Å². The van der Waals surface area contributed by atoms with Gasteiger partial charge in [0.25, 0.3) is 0 Å². The standard InChI is InChI=1S/C11H14BrN3O/c12-9-2-1-5-14-11(9)15-10(16)7-13-6-8-3-4-8/h1-2,5,8,13H,3-4,6-7H2,(H,14,15,16). The quantitative estimate of drug-likeness (QED) is 0.866. The van der Waals surface area contributed by atoms with Crippen molar-refractivity contribution in [2.75, 3.05) is 18.4 Å². The van der Waals surface area contributed by atoms with Crippen LogP contribution in [0.4, 0.5) is 5.82 Å². The average Bonchev–Trinajstić information content (AvgIpc) is 3.05. The van der Waals surface area contributed by atoms with E-state index in [2.05, 4.69) is 31.5 Å². The number of carbonyl (C=O) groups excluding carboxylic acids is 1. The van der Waals surface area contributed by atoms with E-state index in [1.54, 1.807) is 6.20 Å². The molecule has 16 heavy (non-hydrogen) atoms. The van der Waals surface area contributed by atoms with Crippen molar-refractivity contribution >= 4 is 27.7 Å². The number of hydrogen-bond donors (Lipinski definition) is 2. The molecule has 1 aromatic heterocycles. The Bertz CT molecular complexity index is 379. The fourth-order valence-corrected chi connectivity index (χ4v) is 1.72. The lowest BCUT2D eigenvalue weighted by molar-refractivity contribution is -0.115. The first-order valence-corrected chi connectivity index (χ1v) is 6.16. The molecule has 2 rings (SSSR count). The number of anilines is 1. The van der Waals surface area contributed by atoms with E-state index in [4.69, 9.17) is 0 Å². The van der Waals surface area contributed by atoms with Crippen molar-refractivity contribution < 1.29 is 4.79 Å². The third-order valence-electron chi connectivity index (χ3n) is 2.43. The summed E-state index contributed by atoms with van der Waals surface area (Å²) in [6.07, 6.45) is 4.23. The Hall–Kier alpha value is -0.940. The number of pyridine rings is 1. The number of halogens is 1. The zero-order valence-corrected chi connectivity index (χ0v) is 10.5. The average molecular weight is 284 g/mol. The van der Waals surface area contributed by atoms with E-state index in [1.807, 2.05) is 12.1 Å². The second-order valence-electron chi connectivity index (χ2n) is 3.96. The Morgan fingerprint density at radius 3 is 3.06 bits per heavy atom. The highest BCUT2D eigenvalue weighted by atomic mass is 79.9. The summed E-state index contributed by atoms with van der Waals surface area (Å²) in [6, 6.07) is 3.66. The minimum Gasteiger partial charge on any atom is -0.309 e. The zero-order valence-electron chi connectivity index (χ0n) is 8.87. The molecule has 0 spiro atoms. The van der Waals surface area contributed by atoms with Gasteiger partial charge in [-0.05, 0) is 53.4 Å². The lowest BCUT2D eigenvalue weighted by Crippen LogP contribution is -2.29. The summed E-state index contributed by atoms with van der Waals surface area (Å²) >= 11 is 3.33. The van der Waals surface area contributed by atoms with Gasteiger partial charge in [0.15, 0.2) is 0 Å². The lowest BCUT2D eigenvalue weighted by Gasteiger charge is -2.06. The number of amides is 1. The minimum atomic E-state index is -0.0555. The third-order valence-corrected chi connectivity index (χ3v) is 3.07. The largest absolute Gasteiger partial charge is 0.309 e. The van der Waals surface area contributed by atoms with E-state index in [0.29, 0.717) is 12.4 Å². The molecular weight excluding hydrogens is 270 g/mol. The van der Waals surface area contributed by atoms with Crippen LogP contribution >= 0.6 is 15.9 Å². The molecule has 0 radical (unpaired) electrons. The van der Waals surface area contributed by atoms with Crippen molar-refractivity contribution in [1.29, 1.82) is 0 Å². The minimum absolute atomic E-state index is 0.0555. The summed E-state index contributed by atoms with van der Waals surface area (Å²) in [5, 5.41) is 5.88. The van der Waals surface area contributed by atoms with Gasteiger partial charge in [0.2, 0.25) is 5.91 Å². The molecule has 5 heteroatoms. The van der Waals surface area contributed by atoms with Crippen molar-refractivity contribution in [2.24, 2.45) is 5.92 Å². The Balaban J connectivity index is 1.75. The molecule has 0 saturated heterocycles. The fourth-order valence-electron chi connectivity index (χ4n) is 1.37. The predicted octanol–water partition coefficient (Wildman–Crippen LogP) is 1.78. The summed E-state index contributed by atoms with van der Waals surface area (Å²) in [6.45, 7) is 1.29. The zero-order chi connectivity index (χ0) is 11.4. The van der Waals surface area contributed by atoms with Gasteiger partial charge in [-0.2, -0.15) is 0 Å². The summed E-state index contributed by atoms with van der Waals surface area (Å²) in [4.78, 5) is 15.6. The van der Waals surface area contributed by atoms with Crippen molar-refractivity contribution in [1.82, 2.24) is 10.3 Å². The van der Waals surface area contributed by atoms with Gasteiger partial charge >= 0.3 is 0 Å². The third kappa shape index (κ3) is 3.57. The Kier molecular flexibility index (Phi) is 3.90. The highest BCUT2D eigenvalue weighted by molar-refractivity contribution is 9.10. The number of rotatable bonds is 5. The number of nitrogens with zero attached hydrogens (tertiary/aromatic N) is 1. The SMILES string of the molecule is O=C(CNCC1CC1)Nc1ncccc1Br. The maximum Gasteiger partial charge on any atom is 0.239 e. The molecule has 1 aromatic rings. The van der Waals surface area contributed by atoms with Crippen molar-refractivity contribution in [3.63, 3.8) is 0 Å². The second kappa shape index (κ2) is 5.41. The van der Waals surface area contributed by atoms with Crippen LogP contribution in [-0.2, 0) is 4.79 Å². The van der Waals surface area contributed by atoms with E-state index in [1.165, 1.54) is 12.8 Å². The monoisotopic (exact) mass is 283 g/mol. The van der Waals surface area contributed by atoms with Gasteiger partial charge < -0.3 is 10.6 Å². The van der Waals surface area contributed by atoms with Gasteiger partial charge in [-0.3, -0.25) is 4.79 Å². The molecule has 4 nitrogen and oxygen atoms in total. The van der Waals surface area contributed by atoms with Gasteiger partial charge in [-0.1, -0.05) is 0 Å². The smallest absolute Gasteiger partial charge is 0.239 e. The predicted molar refractivity (Wildman–Crippen MR) is 66.2 cm³/mol. The molecule has 1 amide bonds. The Morgan fingerprint density at radius 1 is 1.56 bits per heavy atom. The van der Waals surface area contributed by atoms with Crippen molar-refractivity contribution in [2.45, 2.75) is 12.8 Å². The molecule has 1 aliphatic rings. The summed E-state index contributed by atoms with van der Waals surface area (Å²) in [7, 11) is 0. The number of aromatic nitrogens is 1.